The van der Waals surface area contributed by atoms with Gasteiger partial charge in [0, 0.05) is 12.1 Å². The standard InChI is InChI=1S/C16H24N2/c17-12-16(18-9-3-4-13-7-8-13)10-14-5-1-2-6-15(14)11-16/h1-2,5-6,13,18H,3-4,7-12,17H2. The summed E-state index contributed by atoms with van der Waals surface area (Å²) in [5, 5.41) is 3.75. The highest BCUT2D eigenvalue weighted by molar-refractivity contribution is 5.36. The maximum atomic E-state index is 6.04. The molecular weight excluding hydrogens is 220 g/mol. The average Bonchev–Trinajstić information content (AvgIpc) is 3.14. The summed E-state index contributed by atoms with van der Waals surface area (Å²) in [6.07, 6.45) is 7.84. The summed E-state index contributed by atoms with van der Waals surface area (Å²) in [6.45, 7) is 1.87. The van der Waals surface area contributed by atoms with Gasteiger partial charge in [-0.05, 0) is 49.3 Å². The molecule has 2 heteroatoms. The maximum Gasteiger partial charge on any atom is 0.0385 e. The van der Waals surface area contributed by atoms with Gasteiger partial charge < -0.3 is 11.1 Å². The van der Waals surface area contributed by atoms with E-state index in [0.717, 1.165) is 31.8 Å². The van der Waals surface area contributed by atoms with Gasteiger partial charge in [0.15, 0.2) is 0 Å². The van der Waals surface area contributed by atoms with Crippen molar-refractivity contribution in [3.63, 3.8) is 0 Å². The van der Waals surface area contributed by atoms with Crippen LogP contribution in [-0.2, 0) is 12.8 Å². The molecule has 0 radical (unpaired) electrons. The van der Waals surface area contributed by atoms with Crippen molar-refractivity contribution in [2.75, 3.05) is 13.1 Å². The Morgan fingerprint density at radius 3 is 2.39 bits per heavy atom. The van der Waals surface area contributed by atoms with Crippen molar-refractivity contribution < 1.29 is 0 Å². The molecule has 0 heterocycles. The number of rotatable bonds is 6. The predicted molar refractivity (Wildman–Crippen MR) is 75.6 cm³/mol. The largest absolute Gasteiger partial charge is 0.329 e. The van der Waals surface area contributed by atoms with E-state index in [-0.39, 0.29) is 5.54 Å². The number of hydrogen-bond acceptors (Lipinski definition) is 2. The van der Waals surface area contributed by atoms with Crippen LogP contribution in [0.5, 0.6) is 0 Å². The summed E-state index contributed by atoms with van der Waals surface area (Å²) in [5.41, 5.74) is 9.14. The quantitative estimate of drug-likeness (QED) is 0.753. The van der Waals surface area contributed by atoms with Crippen LogP contribution in [0.2, 0.25) is 0 Å². The molecule has 1 aromatic carbocycles. The number of nitrogens with one attached hydrogen (secondary N) is 1. The molecule has 2 nitrogen and oxygen atoms in total. The summed E-state index contributed by atoms with van der Waals surface area (Å²) in [4.78, 5) is 0. The lowest BCUT2D eigenvalue weighted by molar-refractivity contribution is 0.343. The topological polar surface area (TPSA) is 38.0 Å². The maximum absolute atomic E-state index is 6.04. The zero-order chi connectivity index (χ0) is 12.4. The molecular formula is C16H24N2. The van der Waals surface area contributed by atoms with Crippen LogP contribution >= 0.6 is 0 Å². The van der Waals surface area contributed by atoms with Crippen LogP contribution in [0.3, 0.4) is 0 Å². The Bertz CT molecular complexity index is 384. The Balaban J connectivity index is 1.55. The van der Waals surface area contributed by atoms with Crippen molar-refractivity contribution in [2.24, 2.45) is 11.7 Å². The van der Waals surface area contributed by atoms with E-state index < -0.39 is 0 Å². The highest BCUT2D eigenvalue weighted by Crippen LogP contribution is 2.33. The van der Waals surface area contributed by atoms with Gasteiger partial charge in [0.1, 0.15) is 0 Å². The van der Waals surface area contributed by atoms with Gasteiger partial charge in [-0.15, -0.1) is 0 Å². The van der Waals surface area contributed by atoms with Crippen LogP contribution in [-0.4, -0.2) is 18.6 Å². The van der Waals surface area contributed by atoms with Crippen molar-refractivity contribution in [2.45, 2.75) is 44.1 Å². The fraction of sp³-hybridized carbons (Fsp3) is 0.625. The lowest BCUT2D eigenvalue weighted by Gasteiger charge is -2.29. The van der Waals surface area contributed by atoms with Gasteiger partial charge in [-0.2, -0.15) is 0 Å². The Morgan fingerprint density at radius 2 is 1.83 bits per heavy atom. The molecule has 0 saturated heterocycles. The van der Waals surface area contributed by atoms with Crippen LogP contribution in [0.25, 0.3) is 0 Å². The molecule has 1 aromatic rings. The molecule has 0 unspecified atom stereocenters. The zero-order valence-corrected chi connectivity index (χ0v) is 11.1. The zero-order valence-electron chi connectivity index (χ0n) is 11.1. The lowest BCUT2D eigenvalue weighted by Crippen LogP contribution is -2.52. The molecule has 1 saturated carbocycles. The van der Waals surface area contributed by atoms with Gasteiger partial charge in [0.2, 0.25) is 0 Å². The molecule has 0 spiro atoms. The van der Waals surface area contributed by atoms with Crippen molar-refractivity contribution in [1.82, 2.24) is 5.32 Å². The first kappa shape index (κ1) is 12.2. The summed E-state index contributed by atoms with van der Waals surface area (Å²) >= 11 is 0. The van der Waals surface area contributed by atoms with E-state index in [9.17, 15) is 0 Å². The van der Waals surface area contributed by atoms with Gasteiger partial charge in [-0.25, -0.2) is 0 Å². The van der Waals surface area contributed by atoms with Crippen LogP contribution in [0.1, 0.15) is 36.8 Å². The Labute approximate surface area is 110 Å². The van der Waals surface area contributed by atoms with Crippen molar-refractivity contribution in [1.29, 1.82) is 0 Å². The first-order chi connectivity index (χ1) is 8.81. The summed E-state index contributed by atoms with van der Waals surface area (Å²) < 4.78 is 0. The SMILES string of the molecule is NCC1(NCCCC2CC2)Cc2ccccc2C1. The smallest absolute Gasteiger partial charge is 0.0385 e. The third kappa shape index (κ3) is 2.60. The average molecular weight is 244 g/mol. The van der Waals surface area contributed by atoms with Crippen LogP contribution < -0.4 is 11.1 Å². The highest BCUT2D eigenvalue weighted by atomic mass is 15.0. The van der Waals surface area contributed by atoms with Gasteiger partial charge in [0.05, 0.1) is 0 Å². The summed E-state index contributed by atoms with van der Waals surface area (Å²) in [6, 6.07) is 8.77. The molecule has 18 heavy (non-hydrogen) atoms. The molecule has 0 bridgehead atoms. The first-order valence-corrected chi connectivity index (χ1v) is 7.33. The van der Waals surface area contributed by atoms with Crippen LogP contribution in [0.15, 0.2) is 24.3 Å². The van der Waals surface area contributed by atoms with Crippen molar-refractivity contribution in [3.8, 4) is 0 Å². The van der Waals surface area contributed by atoms with Crippen molar-refractivity contribution in [3.05, 3.63) is 35.4 Å². The number of benzene rings is 1. The Hall–Kier alpha value is -0.860. The number of fused-ring (bicyclic) bond motifs is 1. The van der Waals surface area contributed by atoms with Gasteiger partial charge in [-0.3, -0.25) is 0 Å². The van der Waals surface area contributed by atoms with E-state index in [1.165, 1.54) is 36.8 Å². The normalized spacial score (nSPS) is 20.9. The van der Waals surface area contributed by atoms with E-state index in [4.69, 9.17) is 5.73 Å². The van der Waals surface area contributed by atoms with Gasteiger partial charge in [0.25, 0.3) is 0 Å². The van der Waals surface area contributed by atoms with E-state index in [0.29, 0.717) is 0 Å². The molecule has 98 valence electrons. The third-order valence-corrected chi connectivity index (χ3v) is 4.55. The molecule has 0 aromatic heterocycles. The monoisotopic (exact) mass is 244 g/mol. The number of nitrogens with two attached hydrogens (primary N) is 1. The van der Waals surface area contributed by atoms with Crippen LogP contribution in [0, 0.1) is 5.92 Å². The number of hydrogen-bond donors (Lipinski definition) is 2. The molecule has 2 aliphatic carbocycles. The molecule has 3 rings (SSSR count). The Morgan fingerprint density at radius 1 is 1.17 bits per heavy atom. The first-order valence-electron chi connectivity index (χ1n) is 7.33. The van der Waals surface area contributed by atoms with Crippen molar-refractivity contribution >= 4 is 0 Å². The molecule has 0 amide bonds. The van der Waals surface area contributed by atoms with E-state index in [2.05, 4.69) is 29.6 Å². The molecule has 2 aliphatic rings. The predicted octanol–water partition coefficient (Wildman–Crippen LogP) is 2.26. The minimum Gasteiger partial charge on any atom is -0.329 e. The van der Waals surface area contributed by atoms with Gasteiger partial charge >= 0.3 is 0 Å². The molecule has 0 atom stereocenters. The van der Waals surface area contributed by atoms with Crippen LogP contribution in [0.4, 0.5) is 0 Å². The van der Waals surface area contributed by atoms with E-state index in [1.807, 2.05) is 0 Å². The molecule has 3 N–H and O–H groups in total. The fourth-order valence-electron chi connectivity index (χ4n) is 3.19. The lowest BCUT2D eigenvalue weighted by atomic mass is 9.95. The fourth-order valence-corrected chi connectivity index (χ4v) is 3.19. The third-order valence-electron chi connectivity index (χ3n) is 4.55. The molecule has 0 aliphatic heterocycles. The van der Waals surface area contributed by atoms with Gasteiger partial charge in [-0.1, -0.05) is 37.1 Å². The summed E-state index contributed by atoms with van der Waals surface area (Å²) in [7, 11) is 0. The minimum absolute atomic E-state index is 0.132. The van der Waals surface area contributed by atoms with E-state index >= 15 is 0 Å². The second-order valence-electron chi connectivity index (χ2n) is 6.12. The highest BCUT2D eigenvalue weighted by Gasteiger charge is 2.35. The Kier molecular flexibility index (Phi) is 3.40. The minimum atomic E-state index is 0.132. The summed E-state index contributed by atoms with van der Waals surface area (Å²) in [5.74, 6) is 1.04. The molecule has 1 fully saturated rings. The second kappa shape index (κ2) is 5.02. The second-order valence-corrected chi connectivity index (χ2v) is 6.12. The van der Waals surface area contributed by atoms with E-state index in [1.54, 1.807) is 0 Å².